The van der Waals surface area contributed by atoms with E-state index in [2.05, 4.69) is 6.92 Å². The SMILES string of the molecule is CCCCC[C@H](O)C=C[C@@H]1[C@@H](CCCCCCC(=O)N(C)C(O)Cc2ccc(O)c(O)c2)[C@@H](O)C[C@H]1O. The van der Waals surface area contributed by atoms with E-state index in [1.165, 1.54) is 17.0 Å². The van der Waals surface area contributed by atoms with Crippen molar-refractivity contribution >= 4 is 5.91 Å². The van der Waals surface area contributed by atoms with Gasteiger partial charge in [-0.1, -0.05) is 63.7 Å². The Morgan fingerprint density at radius 1 is 1.03 bits per heavy atom. The van der Waals surface area contributed by atoms with Crippen molar-refractivity contribution in [3.05, 3.63) is 35.9 Å². The van der Waals surface area contributed by atoms with Crippen molar-refractivity contribution in [3.63, 3.8) is 0 Å². The second kappa shape index (κ2) is 16.0. The van der Waals surface area contributed by atoms with Gasteiger partial charge in [-0.15, -0.1) is 0 Å². The van der Waals surface area contributed by atoms with Gasteiger partial charge in [0, 0.05) is 32.2 Å². The van der Waals surface area contributed by atoms with E-state index >= 15 is 0 Å². The first-order valence-electron chi connectivity index (χ1n) is 13.8. The van der Waals surface area contributed by atoms with Gasteiger partial charge in [-0.2, -0.15) is 0 Å². The molecular weight excluding hydrogens is 474 g/mol. The van der Waals surface area contributed by atoms with Gasteiger partial charge < -0.3 is 35.5 Å². The second-order valence-corrected chi connectivity index (χ2v) is 10.5. The summed E-state index contributed by atoms with van der Waals surface area (Å²) in [5, 5.41) is 60.3. The van der Waals surface area contributed by atoms with Crippen LogP contribution in [0.15, 0.2) is 30.4 Å². The van der Waals surface area contributed by atoms with Crippen LogP contribution < -0.4 is 0 Å². The third kappa shape index (κ3) is 10.3. The van der Waals surface area contributed by atoms with Crippen molar-refractivity contribution in [1.82, 2.24) is 4.90 Å². The molecule has 1 saturated carbocycles. The van der Waals surface area contributed by atoms with Crippen molar-refractivity contribution in [3.8, 4) is 11.5 Å². The highest BCUT2D eigenvalue weighted by atomic mass is 16.3. The van der Waals surface area contributed by atoms with E-state index in [4.69, 9.17) is 0 Å². The predicted octanol–water partition coefficient (Wildman–Crippen LogP) is 3.61. The summed E-state index contributed by atoms with van der Waals surface area (Å²) in [5.41, 5.74) is 0.612. The number of aromatic hydroxyl groups is 2. The van der Waals surface area contributed by atoms with Gasteiger partial charge in [0.2, 0.25) is 5.91 Å². The van der Waals surface area contributed by atoms with Crippen LogP contribution in [-0.2, 0) is 11.2 Å². The van der Waals surface area contributed by atoms with E-state index in [9.17, 15) is 35.4 Å². The number of likely N-dealkylation sites (N-methyl/N-ethyl adjacent to an activating group) is 1. The van der Waals surface area contributed by atoms with Gasteiger partial charge in [-0.05, 0) is 42.9 Å². The topological polar surface area (TPSA) is 142 Å². The summed E-state index contributed by atoms with van der Waals surface area (Å²) in [6, 6.07) is 4.31. The summed E-state index contributed by atoms with van der Waals surface area (Å²) in [4.78, 5) is 13.8. The molecule has 1 amide bonds. The summed E-state index contributed by atoms with van der Waals surface area (Å²) in [6.07, 6.45) is 9.81. The molecule has 6 atom stereocenters. The fourth-order valence-corrected chi connectivity index (χ4v) is 5.13. The molecule has 0 saturated heterocycles. The van der Waals surface area contributed by atoms with Crippen molar-refractivity contribution in [2.45, 2.75) is 109 Å². The van der Waals surface area contributed by atoms with Gasteiger partial charge in [0.05, 0.1) is 18.3 Å². The van der Waals surface area contributed by atoms with Crippen LogP contribution in [-0.4, -0.2) is 73.0 Å². The lowest BCUT2D eigenvalue weighted by atomic mass is 9.88. The molecule has 0 spiro atoms. The lowest BCUT2D eigenvalue weighted by molar-refractivity contribution is -0.138. The van der Waals surface area contributed by atoms with Crippen molar-refractivity contribution in [1.29, 1.82) is 0 Å². The molecule has 8 nitrogen and oxygen atoms in total. The van der Waals surface area contributed by atoms with E-state index in [-0.39, 0.29) is 35.7 Å². The summed E-state index contributed by atoms with van der Waals surface area (Å²) < 4.78 is 0. The van der Waals surface area contributed by atoms with Gasteiger partial charge in [0.15, 0.2) is 11.5 Å². The molecule has 0 bridgehead atoms. The molecule has 8 heteroatoms. The Kier molecular flexibility index (Phi) is 13.4. The van der Waals surface area contributed by atoms with Gasteiger partial charge in [0.25, 0.3) is 0 Å². The van der Waals surface area contributed by atoms with Crippen LogP contribution in [0.3, 0.4) is 0 Å². The average molecular weight is 522 g/mol. The molecule has 1 aliphatic rings. The maximum atomic E-state index is 12.5. The lowest BCUT2D eigenvalue weighted by Gasteiger charge is -2.24. The Morgan fingerprint density at radius 3 is 2.46 bits per heavy atom. The number of phenols is 2. The van der Waals surface area contributed by atoms with Crippen LogP contribution in [0.1, 0.15) is 83.1 Å². The van der Waals surface area contributed by atoms with Crippen LogP contribution in [0.2, 0.25) is 0 Å². The van der Waals surface area contributed by atoms with Crippen LogP contribution in [0.25, 0.3) is 0 Å². The van der Waals surface area contributed by atoms with Crippen molar-refractivity contribution in [2.75, 3.05) is 7.05 Å². The first-order valence-corrected chi connectivity index (χ1v) is 13.8. The largest absolute Gasteiger partial charge is 0.504 e. The van der Waals surface area contributed by atoms with Gasteiger partial charge in [-0.3, -0.25) is 4.79 Å². The number of aliphatic hydroxyl groups is 4. The second-order valence-electron chi connectivity index (χ2n) is 10.5. The molecular formula is C29H47NO7. The Balaban J connectivity index is 1.68. The molecule has 1 aromatic rings. The molecule has 1 fully saturated rings. The van der Waals surface area contributed by atoms with Crippen LogP contribution >= 0.6 is 0 Å². The smallest absolute Gasteiger partial charge is 0.224 e. The number of carbonyl (C=O) groups excluding carboxylic acids is 1. The highest BCUT2D eigenvalue weighted by Gasteiger charge is 2.39. The number of amides is 1. The van der Waals surface area contributed by atoms with Gasteiger partial charge in [-0.25, -0.2) is 0 Å². The number of benzene rings is 1. The van der Waals surface area contributed by atoms with Crippen molar-refractivity contribution in [2.24, 2.45) is 11.8 Å². The molecule has 6 N–H and O–H groups in total. The minimum atomic E-state index is -1.03. The predicted molar refractivity (Wildman–Crippen MR) is 143 cm³/mol. The molecule has 1 aromatic carbocycles. The van der Waals surface area contributed by atoms with Gasteiger partial charge >= 0.3 is 0 Å². The zero-order valence-corrected chi connectivity index (χ0v) is 22.4. The van der Waals surface area contributed by atoms with Crippen LogP contribution in [0.5, 0.6) is 11.5 Å². The van der Waals surface area contributed by atoms with E-state index in [0.717, 1.165) is 44.9 Å². The summed E-state index contributed by atoms with van der Waals surface area (Å²) in [5.74, 6) is -0.836. The number of hydrogen-bond donors (Lipinski definition) is 6. The minimum absolute atomic E-state index is 0.0312. The highest BCUT2D eigenvalue weighted by Crippen LogP contribution is 2.37. The Bertz CT molecular complexity index is 846. The summed E-state index contributed by atoms with van der Waals surface area (Å²) >= 11 is 0. The fraction of sp³-hybridized carbons (Fsp3) is 0.690. The third-order valence-electron chi connectivity index (χ3n) is 7.55. The number of aliphatic hydroxyl groups excluding tert-OH is 4. The summed E-state index contributed by atoms with van der Waals surface area (Å²) in [7, 11) is 1.55. The molecule has 1 unspecified atom stereocenters. The number of carbonyl (C=O) groups is 1. The van der Waals surface area contributed by atoms with Crippen LogP contribution in [0.4, 0.5) is 0 Å². The fourth-order valence-electron chi connectivity index (χ4n) is 5.13. The molecule has 0 aliphatic heterocycles. The lowest BCUT2D eigenvalue weighted by Crippen LogP contribution is -2.38. The molecule has 1 aliphatic carbocycles. The third-order valence-corrected chi connectivity index (χ3v) is 7.55. The molecule has 0 aromatic heterocycles. The normalized spacial score (nSPS) is 23.4. The Labute approximate surface area is 221 Å². The molecule has 0 heterocycles. The van der Waals surface area contributed by atoms with E-state index in [1.807, 2.05) is 6.08 Å². The first-order chi connectivity index (χ1) is 17.6. The Hall–Kier alpha value is -2.13. The number of unbranched alkanes of at least 4 members (excludes halogenated alkanes) is 5. The Morgan fingerprint density at radius 2 is 1.76 bits per heavy atom. The number of phenolic OH excluding ortho intramolecular Hbond substituents is 2. The number of hydrogen-bond acceptors (Lipinski definition) is 7. The van der Waals surface area contributed by atoms with E-state index in [1.54, 1.807) is 19.2 Å². The van der Waals surface area contributed by atoms with E-state index in [0.29, 0.717) is 31.2 Å². The average Bonchev–Trinajstić information content (AvgIpc) is 3.13. The zero-order valence-electron chi connectivity index (χ0n) is 22.4. The standard InChI is InChI=1S/C29H47NO7/c1-3-4-7-10-21(31)14-15-23-22(25(33)19-26(23)34)11-8-5-6-9-12-28(36)30(2)29(37)18-20-13-16-24(32)27(35)17-20/h13-17,21-23,25-26,29,31-35,37H,3-12,18-19H2,1-2H3/t21-,22+,23+,25-,26+,29?/m0/s1. The minimum Gasteiger partial charge on any atom is -0.504 e. The number of rotatable bonds is 16. The number of nitrogens with zero attached hydrogens (tertiary/aromatic N) is 1. The molecule has 210 valence electrons. The highest BCUT2D eigenvalue weighted by molar-refractivity contribution is 5.76. The zero-order chi connectivity index (χ0) is 27.4. The van der Waals surface area contributed by atoms with Crippen molar-refractivity contribution < 1.29 is 35.4 Å². The quantitative estimate of drug-likeness (QED) is 0.0844. The molecule has 37 heavy (non-hydrogen) atoms. The maximum Gasteiger partial charge on any atom is 0.224 e. The monoisotopic (exact) mass is 521 g/mol. The first kappa shape index (κ1) is 31.1. The van der Waals surface area contributed by atoms with Gasteiger partial charge in [0.1, 0.15) is 6.23 Å². The maximum absolute atomic E-state index is 12.5. The summed E-state index contributed by atoms with van der Waals surface area (Å²) in [6.45, 7) is 2.12. The molecule has 2 rings (SSSR count). The van der Waals surface area contributed by atoms with Crippen LogP contribution in [0, 0.1) is 11.8 Å². The van der Waals surface area contributed by atoms with E-state index < -0.39 is 24.5 Å². The molecule has 0 radical (unpaired) electrons.